The molecule has 1 fully saturated rings. The molecule has 1 saturated heterocycles. The summed E-state index contributed by atoms with van der Waals surface area (Å²) in [7, 11) is 1.72. The van der Waals surface area contributed by atoms with Gasteiger partial charge in [-0.1, -0.05) is 18.6 Å². The molecular formula is C13H20ClNO. The van der Waals surface area contributed by atoms with Crippen molar-refractivity contribution in [3.63, 3.8) is 0 Å². The maximum Gasteiger partial charge on any atom is 0.121 e. The van der Waals surface area contributed by atoms with Gasteiger partial charge in [-0.05, 0) is 43.5 Å². The van der Waals surface area contributed by atoms with E-state index in [1.165, 1.54) is 30.4 Å². The molecule has 1 atom stereocenters. The van der Waals surface area contributed by atoms with Gasteiger partial charge in [0, 0.05) is 6.04 Å². The average Bonchev–Trinajstić information content (AvgIpc) is 2.30. The molecule has 2 rings (SSSR count). The maximum absolute atomic E-state index is 5.27. The minimum Gasteiger partial charge on any atom is -0.496 e. The number of methoxy groups -OCH3 is 1. The minimum absolute atomic E-state index is 0. The van der Waals surface area contributed by atoms with Crippen LogP contribution >= 0.6 is 12.4 Å². The highest BCUT2D eigenvalue weighted by atomic mass is 35.5. The van der Waals surface area contributed by atoms with Crippen LogP contribution < -0.4 is 10.1 Å². The minimum atomic E-state index is 0. The summed E-state index contributed by atoms with van der Waals surface area (Å²) in [5, 5.41) is 3.56. The summed E-state index contributed by atoms with van der Waals surface area (Å²) in [6.45, 7) is 3.25. The lowest BCUT2D eigenvalue weighted by molar-refractivity contribution is 0.404. The largest absolute Gasteiger partial charge is 0.496 e. The molecule has 16 heavy (non-hydrogen) atoms. The van der Waals surface area contributed by atoms with Gasteiger partial charge in [0.05, 0.1) is 7.11 Å². The van der Waals surface area contributed by atoms with E-state index in [0.29, 0.717) is 6.04 Å². The summed E-state index contributed by atoms with van der Waals surface area (Å²) in [4.78, 5) is 0. The summed E-state index contributed by atoms with van der Waals surface area (Å²) in [5.41, 5.74) is 2.62. The number of benzene rings is 1. The molecule has 1 aliphatic heterocycles. The van der Waals surface area contributed by atoms with Gasteiger partial charge in [-0.2, -0.15) is 0 Å². The van der Waals surface area contributed by atoms with E-state index < -0.39 is 0 Å². The standard InChI is InChI=1S/C13H19NO.ClH/c1-10-9-11(6-7-13(10)15-2)12-5-3-4-8-14-12;/h6-7,9,12,14H,3-5,8H2,1-2H3;1H/t12-;/m0./s1. The number of nitrogens with one attached hydrogen (secondary N) is 1. The zero-order chi connectivity index (χ0) is 10.7. The van der Waals surface area contributed by atoms with Gasteiger partial charge in [0.1, 0.15) is 5.75 Å². The Morgan fingerprint density at radius 2 is 2.12 bits per heavy atom. The van der Waals surface area contributed by atoms with Crippen molar-refractivity contribution in [3.8, 4) is 5.75 Å². The van der Waals surface area contributed by atoms with Crippen LogP contribution in [0.5, 0.6) is 5.75 Å². The predicted octanol–water partition coefficient (Wildman–Crippen LogP) is 3.24. The van der Waals surface area contributed by atoms with Gasteiger partial charge >= 0.3 is 0 Å². The second kappa shape index (κ2) is 6.12. The highest BCUT2D eigenvalue weighted by Gasteiger charge is 2.15. The number of ether oxygens (including phenoxy) is 1. The molecule has 0 aliphatic carbocycles. The Labute approximate surface area is 104 Å². The summed E-state index contributed by atoms with van der Waals surface area (Å²) in [6, 6.07) is 7.03. The van der Waals surface area contributed by atoms with Crippen molar-refractivity contribution >= 4 is 12.4 Å². The number of piperidine rings is 1. The molecular weight excluding hydrogens is 222 g/mol. The molecule has 0 amide bonds. The normalized spacial score (nSPS) is 20.0. The number of halogens is 1. The average molecular weight is 242 g/mol. The predicted molar refractivity (Wildman–Crippen MR) is 69.6 cm³/mol. The van der Waals surface area contributed by atoms with Crippen molar-refractivity contribution in [2.24, 2.45) is 0 Å². The fraction of sp³-hybridized carbons (Fsp3) is 0.538. The molecule has 90 valence electrons. The van der Waals surface area contributed by atoms with E-state index >= 15 is 0 Å². The molecule has 1 heterocycles. The first kappa shape index (κ1) is 13.3. The Balaban J connectivity index is 0.00000128. The lowest BCUT2D eigenvalue weighted by atomic mass is 9.96. The Kier molecular flexibility index (Phi) is 5.10. The fourth-order valence-corrected chi connectivity index (χ4v) is 2.25. The van der Waals surface area contributed by atoms with Crippen LogP contribution in [0.1, 0.15) is 36.4 Å². The molecule has 3 heteroatoms. The molecule has 0 unspecified atom stereocenters. The topological polar surface area (TPSA) is 21.3 Å². The third kappa shape index (κ3) is 2.89. The molecule has 0 radical (unpaired) electrons. The second-order valence-electron chi connectivity index (χ2n) is 4.23. The Hall–Kier alpha value is -0.730. The van der Waals surface area contributed by atoms with Crippen molar-refractivity contribution < 1.29 is 4.74 Å². The van der Waals surface area contributed by atoms with Crippen LogP contribution in [-0.2, 0) is 0 Å². The van der Waals surface area contributed by atoms with Crippen LogP contribution in [0.3, 0.4) is 0 Å². The highest BCUT2D eigenvalue weighted by molar-refractivity contribution is 5.85. The summed E-state index contributed by atoms with van der Waals surface area (Å²) in [6.07, 6.45) is 3.90. The van der Waals surface area contributed by atoms with Crippen LogP contribution in [-0.4, -0.2) is 13.7 Å². The third-order valence-corrected chi connectivity index (χ3v) is 3.13. The van der Waals surface area contributed by atoms with E-state index in [0.717, 1.165) is 12.3 Å². The van der Waals surface area contributed by atoms with Gasteiger partial charge in [-0.25, -0.2) is 0 Å². The molecule has 1 aliphatic rings. The summed E-state index contributed by atoms with van der Waals surface area (Å²) >= 11 is 0. The summed E-state index contributed by atoms with van der Waals surface area (Å²) < 4.78 is 5.27. The molecule has 0 spiro atoms. The van der Waals surface area contributed by atoms with Gasteiger partial charge < -0.3 is 10.1 Å². The quantitative estimate of drug-likeness (QED) is 0.859. The number of aryl methyl sites for hydroxylation is 1. The fourth-order valence-electron chi connectivity index (χ4n) is 2.25. The Morgan fingerprint density at radius 1 is 1.31 bits per heavy atom. The van der Waals surface area contributed by atoms with E-state index in [1.54, 1.807) is 7.11 Å². The van der Waals surface area contributed by atoms with Crippen molar-refractivity contribution in [2.45, 2.75) is 32.2 Å². The first-order valence-electron chi connectivity index (χ1n) is 5.69. The van der Waals surface area contributed by atoms with Crippen LogP contribution in [0.4, 0.5) is 0 Å². The Bertz CT molecular complexity index is 335. The van der Waals surface area contributed by atoms with Crippen molar-refractivity contribution in [2.75, 3.05) is 13.7 Å². The van der Waals surface area contributed by atoms with Crippen LogP contribution in [0.15, 0.2) is 18.2 Å². The number of hydrogen-bond acceptors (Lipinski definition) is 2. The van der Waals surface area contributed by atoms with Crippen molar-refractivity contribution in [1.29, 1.82) is 0 Å². The number of rotatable bonds is 2. The first-order valence-corrected chi connectivity index (χ1v) is 5.69. The van der Waals surface area contributed by atoms with Crippen LogP contribution in [0.2, 0.25) is 0 Å². The molecule has 0 saturated carbocycles. The number of hydrogen-bond donors (Lipinski definition) is 1. The van der Waals surface area contributed by atoms with Gasteiger partial charge in [0.25, 0.3) is 0 Å². The van der Waals surface area contributed by atoms with Gasteiger partial charge in [-0.15, -0.1) is 12.4 Å². The lowest BCUT2D eigenvalue weighted by Gasteiger charge is -2.24. The molecule has 1 aromatic rings. The van der Waals surface area contributed by atoms with Crippen molar-refractivity contribution in [3.05, 3.63) is 29.3 Å². The monoisotopic (exact) mass is 241 g/mol. The highest BCUT2D eigenvalue weighted by Crippen LogP contribution is 2.27. The SMILES string of the molecule is COc1ccc([C@@H]2CCCCN2)cc1C.Cl. The van der Waals surface area contributed by atoms with E-state index in [4.69, 9.17) is 4.74 Å². The van der Waals surface area contributed by atoms with E-state index in [9.17, 15) is 0 Å². The van der Waals surface area contributed by atoms with Crippen LogP contribution in [0.25, 0.3) is 0 Å². The second-order valence-corrected chi connectivity index (χ2v) is 4.23. The molecule has 1 N–H and O–H groups in total. The molecule has 1 aromatic carbocycles. The first-order chi connectivity index (χ1) is 7.31. The maximum atomic E-state index is 5.27. The zero-order valence-corrected chi connectivity index (χ0v) is 10.8. The van der Waals surface area contributed by atoms with Gasteiger partial charge in [-0.3, -0.25) is 0 Å². The van der Waals surface area contributed by atoms with Gasteiger partial charge in [0.2, 0.25) is 0 Å². The smallest absolute Gasteiger partial charge is 0.121 e. The molecule has 0 bridgehead atoms. The van der Waals surface area contributed by atoms with Crippen molar-refractivity contribution in [1.82, 2.24) is 5.32 Å². The lowest BCUT2D eigenvalue weighted by Crippen LogP contribution is -2.26. The Morgan fingerprint density at radius 3 is 2.69 bits per heavy atom. The third-order valence-electron chi connectivity index (χ3n) is 3.13. The molecule has 0 aromatic heterocycles. The van der Waals surface area contributed by atoms with Gasteiger partial charge in [0.15, 0.2) is 0 Å². The van der Waals surface area contributed by atoms with Crippen LogP contribution in [0, 0.1) is 6.92 Å². The zero-order valence-electron chi connectivity index (χ0n) is 9.95. The van der Waals surface area contributed by atoms with E-state index in [2.05, 4.69) is 30.4 Å². The van der Waals surface area contributed by atoms with E-state index in [-0.39, 0.29) is 12.4 Å². The summed E-state index contributed by atoms with van der Waals surface area (Å²) in [5.74, 6) is 0.981. The van der Waals surface area contributed by atoms with E-state index in [1.807, 2.05) is 0 Å². The molecule has 2 nitrogen and oxygen atoms in total.